The van der Waals surface area contributed by atoms with Crippen LogP contribution in [0.25, 0.3) is 0 Å². The van der Waals surface area contributed by atoms with Crippen molar-refractivity contribution in [3.05, 3.63) is 81.0 Å². The molecule has 2 heterocycles. The van der Waals surface area contributed by atoms with Gasteiger partial charge in [-0.2, -0.15) is 0 Å². The number of amides is 2. The summed E-state index contributed by atoms with van der Waals surface area (Å²) in [4.78, 5) is 31.5. The van der Waals surface area contributed by atoms with Crippen LogP contribution in [-0.2, 0) is 11.2 Å². The first-order valence-corrected chi connectivity index (χ1v) is 12.9. The van der Waals surface area contributed by atoms with Gasteiger partial charge in [-0.1, -0.05) is 36.7 Å². The number of para-hydroxylation sites is 2. The van der Waals surface area contributed by atoms with Crippen molar-refractivity contribution >= 4 is 34.8 Å². The van der Waals surface area contributed by atoms with E-state index >= 15 is 0 Å². The number of benzene rings is 2. The summed E-state index contributed by atoms with van der Waals surface area (Å²) in [5.74, 6) is 0.985. The highest BCUT2D eigenvalue weighted by Gasteiger charge is 2.33. The average molecular weight is 513 g/mol. The molecule has 1 aliphatic heterocycles. The molecule has 184 valence electrons. The highest BCUT2D eigenvalue weighted by Crippen LogP contribution is 2.35. The van der Waals surface area contributed by atoms with Crippen molar-refractivity contribution in [2.45, 2.75) is 25.8 Å². The zero-order chi connectivity index (χ0) is 24.8. The third-order valence-electron chi connectivity index (χ3n) is 6.06. The van der Waals surface area contributed by atoms with Crippen LogP contribution in [0.4, 0.5) is 0 Å². The number of ether oxygens (including phenoxy) is 2. The number of rotatable bonds is 9. The van der Waals surface area contributed by atoms with E-state index in [1.165, 1.54) is 4.88 Å². The molecule has 0 saturated carbocycles. The van der Waals surface area contributed by atoms with Crippen molar-refractivity contribution in [1.82, 2.24) is 9.80 Å². The molecule has 0 fully saturated rings. The van der Waals surface area contributed by atoms with Crippen molar-refractivity contribution in [3.8, 4) is 11.5 Å². The van der Waals surface area contributed by atoms with E-state index in [0.717, 1.165) is 18.4 Å². The van der Waals surface area contributed by atoms with Gasteiger partial charge < -0.3 is 19.3 Å². The van der Waals surface area contributed by atoms with Crippen molar-refractivity contribution in [2.24, 2.45) is 0 Å². The minimum Gasteiger partial charge on any atom is -0.493 e. The average Bonchev–Trinajstić information content (AvgIpc) is 3.36. The second kappa shape index (κ2) is 11.6. The largest absolute Gasteiger partial charge is 0.493 e. The van der Waals surface area contributed by atoms with Crippen LogP contribution in [-0.4, -0.2) is 55.0 Å². The number of nitrogens with zero attached hydrogens (tertiary/aromatic N) is 2. The van der Waals surface area contributed by atoms with Gasteiger partial charge in [0, 0.05) is 28.6 Å². The van der Waals surface area contributed by atoms with E-state index in [4.69, 9.17) is 21.1 Å². The number of carbonyl (C=O) groups excluding carboxylic acids is 2. The normalized spacial score (nSPS) is 14.8. The van der Waals surface area contributed by atoms with Crippen LogP contribution in [0.15, 0.2) is 60.0 Å². The van der Waals surface area contributed by atoms with E-state index in [9.17, 15) is 9.59 Å². The number of thiophene rings is 1. The summed E-state index contributed by atoms with van der Waals surface area (Å²) in [5.41, 5.74) is 1.58. The van der Waals surface area contributed by atoms with E-state index < -0.39 is 0 Å². The van der Waals surface area contributed by atoms with E-state index in [-0.39, 0.29) is 24.4 Å². The molecule has 2 amide bonds. The smallest absolute Gasteiger partial charge is 0.254 e. The van der Waals surface area contributed by atoms with Crippen LogP contribution >= 0.6 is 22.9 Å². The summed E-state index contributed by atoms with van der Waals surface area (Å²) in [5, 5.41) is 2.55. The highest BCUT2D eigenvalue weighted by atomic mass is 35.5. The van der Waals surface area contributed by atoms with Crippen LogP contribution in [0.5, 0.6) is 11.5 Å². The molecule has 0 unspecified atom stereocenters. The van der Waals surface area contributed by atoms with Gasteiger partial charge in [0.2, 0.25) is 5.91 Å². The number of fused-ring (bicyclic) bond motifs is 1. The fraction of sp³-hybridized carbons (Fsp3) is 0.333. The molecular weight excluding hydrogens is 484 g/mol. The lowest BCUT2D eigenvalue weighted by Gasteiger charge is -2.37. The molecule has 6 nitrogen and oxygen atoms in total. The summed E-state index contributed by atoms with van der Waals surface area (Å²) in [6.45, 7) is 3.36. The molecule has 2 aromatic carbocycles. The van der Waals surface area contributed by atoms with Gasteiger partial charge in [0.1, 0.15) is 13.2 Å². The van der Waals surface area contributed by atoms with Crippen molar-refractivity contribution < 1.29 is 19.1 Å². The molecular formula is C27H29ClN2O4S. The molecule has 0 N–H and O–H groups in total. The standard InChI is InChI=1S/C27H29ClN2O4S/c1-3-13-29(27(32)19-7-6-8-20(28)16-19)17-26(31)30-14-11-25-21(12-15-35-25)22(30)18-34-24-10-5-4-9-23(24)33-2/h4-10,12,15-16,22H,3,11,13-14,17-18H2,1-2H3/t22-/m1/s1. The van der Waals surface area contributed by atoms with Crippen LogP contribution < -0.4 is 9.47 Å². The van der Waals surface area contributed by atoms with Crippen molar-refractivity contribution in [1.29, 1.82) is 0 Å². The maximum Gasteiger partial charge on any atom is 0.254 e. The highest BCUT2D eigenvalue weighted by molar-refractivity contribution is 7.10. The second-order valence-electron chi connectivity index (χ2n) is 8.35. The first-order chi connectivity index (χ1) is 17.0. The Morgan fingerprint density at radius 1 is 1.14 bits per heavy atom. The summed E-state index contributed by atoms with van der Waals surface area (Å²) in [6, 6.07) is 16.1. The fourth-order valence-electron chi connectivity index (χ4n) is 4.36. The van der Waals surface area contributed by atoms with Crippen molar-refractivity contribution in [2.75, 3.05) is 33.4 Å². The Kier molecular flexibility index (Phi) is 8.31. The Hall–Kier alpha value is -3.03. The zero-order valence-corrected chi connectivity index (χ0v) is 21.5. The fourth-order valence-corrected chi connectivity index (χ4v) is 5.48. The SMILES string of the molecule is CCCN(CC(=O)N1CCc2sccc2[C@H]1COc1ccccc1OC)C(=O)c1cccc(Cl)c1. The molecule has 35 heavy (non-hydrogen) atoms. The van der Waals surface area contributed by atoms with Crippen molar-refractivity contribution in [3.63, 3.8) is 0 Å². The molecule has 0 saturated heterocycles. The van der Waals surface area contributed by atoms with Crippen LogP contribution in [0.1, 0.15) is 40.2 Å². The minimum absolute atomic E-state index is 0.00378. The van der Waals surface area contributed by atoms with E-state index in [1.807, 2.05) is 36.1 Å². The Balaban J connectivity index is 1.53. The lowest BCUT2D eigenvalue weighted by Crippen LogP contribution is -2.48. The van der Waals surface area contributed by atoms with Gasteiger partial charge in [0.05, 0.1) is 13.2 Å². The van der Waals surface area contributed by atoms with Crippen LogP contribution in [0, 0.1) is 0 Å². The van der Waals surface area contributed by atoms with Crippen LogP contribution in [0.3, 0.4) is 0 Å². The Labute approximate surface area is 215 Å². The molecule has 1 aromatic heterocycles. The predicted octanol–water partition coefficient (Wildman–Crippen LogP) is 5.47. The summed E-state index contributed by atoms with van der Waals surface area (Å²) >= 11 is 7.80. The molecule has 8 heteroatoms. The Bertz CT molecular complexity index is 1180. The number of methoxy groups -OCH3 is 1. The molecule has 3 aromatic rings. The summed E-state index contributed by atoms with van der Waals surface area (Å²) in [7, 11) is 1.61. The van der Waals surface area contributed by atoms with E-state index in [0.29, 0.717) is 41.8 Å². The Morgan fingerprint density at radius 2 is 1.94 bits per heavy atom. The Morgan fingerprint density at radius 3 is 2.69 bits per heavy atom. The first kappa shape index (κ1) is 25.1. The molecule has 0 aliphatic carbocycles. The number of hydrogen-bond donors (Lipinski definition) is 0. The maximum absolute atomic E-state index is 13.6. The lowest BCUT2D eigenvalue weighted by molar-refractivity contribution is -0.135. The molecule has 1 atom stereocenters. The molecule has 1 aliphatic rings. The van der Waals surface area contributed by atoms with Gasteiger partial charge >= 0.3 is 0 Å². The topological polar surface area (TPSA) is 59.1 Å². The third-order valence-corrected chi connectivity index (χ3v) is 7.29. The molecule has 4 rings (SSSR count). The van der Waals surface area contributed by atoms with Gasteiger partial charge in [0.15, 0.2) is 11.5 Å². The third kappa shape index (κ3) is 5.80. The van der Waals surface area contributed by atoms with Gasteiger partial charge in [0.25, 0.3) is 5.91 Å². The monoisotopic (exact) mass is 512 g/mol. The van der Waals surface area contributed by atoms with Gasteiger partial charge in [-0.15, -0.1) is 11.3 Å². The lowest BCUT2D eigenvalue weighted by atomic mass is 10.0. The number of halogens is 1. The number of carbonyl (C=O) groups is 2. The predicted molar refractivity (Wildman–Crippen MR) is 139 cm³/mol. The molecule has 0 bridgehead atoms. The van der Waals surface area contributed by atoms with Gasteiger partial charge in [-0.25, -0.2) is 0 Å². The van der Waals surface area contributed by atoms with Crippen LogP contribution in [0.2, 0.25) is 5.02 Å². The quantitative estimate of drug-likeness (QED) is 0.381. The first-order valence-electron chi connectivity index (χ1n) is 11.7. The minimum atomic E-state index is -0.243. The second-order valence-corrected chi connectivity index (χ2v) is 9.79. The summed E-state index contributed by atoms with van der Waals surface area (Å²) < 4.78 is 11.6. The zero-order valence-electron chi connectivity index (χ0n) is 19.9. The molecule has 0 radical (unpaired) electrons. The van der Waals surface area contributed by atoms with Gasteiger partial charge in [-0.3, -0.25) is 9.59 Å². The number of hydrogen-bond acceptors (Lipinski definition) is 5. The van der Waals surface area contributed by atoms with Gasteiger partial charge in [-0.05, 0) is 60.2 Å². The maximum atomic E-state index is 13.6. The summed E-state index contributed by atoms with van der Waals surface area (Å²) in [6.07, 6.45) is 1.54. The molecule has 0 spiro atoms. The van der Waals surface area contributed by atoms with E-state index in [1.54, 1.807) is 47.6 Å². The van der Waals surface area contributed by atoms with E-state index in [2.05, 4.69) is 11.4 Å².